The van der Waals surface area contributed by atoms with Gasteiger partial charge in [-0.3, -0.25) is 0 Å². The number of aromatic nitrogens is 2. The molecule has 0 saturated heterocycles. The molecule has 0 unspecified atom stereocenters. The topological polar surface area (TPSA) is 47.0 Å². The van der Waals surface area contributed by atoms with Crippen LogP contribution in [0.5, 0.6) is 5.88 Å². The summed E-state index contributed by atoms with van der Waals surface area (Å²) >= 11 is 0. The largest absolute Gasteiger partial charge is 0.472 e. The van der Waals surface area contributed by atoms with Gasteiger partial charge in [0.1, 0.15) is 6.61 Å². The number of ether oxygens (including phenoxy) is 1. The lowest BCUT2D eigenvalue weighted by atomic mass is 10.3. The second-order valence-electron chi connectivity index (χ2n) is 3.14. The molecule has 0 fully saturated rings. The highest BCUT2D eigenvalue weighted by Gasteiger charge is 1.97. The number of hydrogen-bond acceptors (Lipinski definition) is 4. The van der Waals surface area contributed by atoms with Crippen LogP contribution in [0.15, 0.2) is 24.8 Å². The van der Waals surface area contributed by atoms with E-state index in [1.54, 1.807) is 6.08 Å². The first-order valence-corrected chi connectivity index (χ1v) is 5.13. The van der Waals surface area contributed by atoms with Gasteiger partial charge in [0.05, 0.1) is 5.69 Å². The Balaban J connectivity index is 2.38. The molecule has 0 radical (unpaired) electrons. The second-order valence-corrected chi connectivity index (χ2v) is 3.14. The van der Waals surface area contributed by atoms with Crippen molar-refractivity contribution in [1.29, 1.82) is 0 Å². The van der Waals surface area contributed by atoms with E-state index in [4.69, 9.17) is 4.74 Å². The van der Waals surface area contributed by atoms with Crippen LogP contribution in [0.4, 0.5) is 0 Å². The molecule has 1 N–H and O–H groups in total. The maximum absolute atomic E-state index is 5.22. The molecule has 82 valence electrons. The maximum Gasteiger partial charge on any atom is 0.233 e. The minimum Gasteiger partial charge on any atom is -0.472 e. The van der Waals surface area contributed by atoms with E-state index in [9.17, 15) is 0 Å². The molecular formula is C11H17N3O. The fourth-order valence-electron chi connectivity index (χ4n) is 1.06. The normalized spacial score (nSPS) is 9.93. The molecule has 0 atom stereocenters. The summed E-state index contributed by atoms with van der Waals surface area (Å²) in [5.74, 6) is 0.536. The van der Waals surface area contributed by atoms with Gasteiger partial charge in [-0.05, 0) is 19.0 Å². The van der Waals surface area contributed by atoms with Crippen molar-refractivity contribution in [3.05, 3.63) is 30.5 Å². The van der Waals surface area contributed by atoms with Gasteiger partial charge in [-0.1, -0.05) is 19.6 Å². The Morgan fingerprint density at radius 2 is 2.33 bits per heavy atom. The zero-order valence-electron chi connectivity index (χ0n) is 9.07. The molecule has 0 amide bonds. The van der Waals surface area contributed by atoms with Crippen LogP contribution in [0.2, 0.25) is 0 Å². The zero-order valence-corrected chi connectivity index (χ0v) is 9.07. The number of hydrogen-bond donors (Lipinski definition) is 1. The molecule has 0 spiro atoms. The van der Waals surface area contributed by atoms with Crippen LogP contribution < -0.4 is 10.1 Å². The van der Waals surface area contributed by atoms with Crippen LogP contribution in [-0.4, -0.2) is 23.3 Å². The fraction of sp³-hybridized carbons (Fsp3) is 0.455. The third kappa shape index (κ3) is 4.56. The molecule has 1 aromatic heterocycles. The van der Waals surface area contributed by atoms with E-state index in [1.807, 2.05) is 12.1 Å². The highest BCUT2D eigenvalue weighted by Crippen LogP contribution is 2.04. The standard InChI is InChI=1S/C11H17N3O/c1-3-7-12-9-10-5-6-11(14-13-10)15-8-4-2/h4-6,12H,2-3,7-9H2,1H3. The van der Waals surface area contributed by atoms with Gasteiger partial charge >= 0.3 is 0 Å². The molecule has 1 aromatic rings. The fourth-order valence-corrected chi connectivity index (χ4v) is 1.06. The summed E-state index contributed by atoms with van der Waals surface area (Å²) in [6, 6.07) is 3.73. The van der Waals surface area contributed by atoms with Gasteiger partial charge in [0.25, 0.3) is 0 Å². The van der Waals surface area contributed by atoms with Crippen molar-refractivity contribution < 1.29 is 4.74 Å². The van der Waals surface area contributed by atoms with Gasteiger partial charge in [0.15, 0.2) is 0 Å². The first kappa shape index (κ1) is 11.7. The van der Waals surface area contributed by atoms with E-state index >= 15 is 0 Å². The SMILES string of the molecule is C=CCOc1ccc(CNCCC)nn1. The second kappa shape index (κ2) is 6.95. The third-order valence-electron chi connectivity index (χ3n) is 1.78. The molecule has 1 rings (SSSR count). The number of nitrogens with zero attached hydrogens (tertiary/aromatic N) is 2. The minimum atomic E-state index is 0.460. The van der Waals surface area contributed by atoms with Crippen molar-refractivity contribution in [3.63, 3.8) is 0 Å². The smallest absolute Gasteiger partial charge is 0.233 e. The van der Waals surface area contributed by atoms with Crippen LogP contribution in [-0.2, 0) is 6.54 Å². The van der Waals surface area contributed by atoms with Crippen molar-refractivity contribution in [1.82, 2.24) is 15.5 Å². The average Bonchev–Trinajstić information content (AvgIpc) is 2.28. The molecule has 0 aliphatic rings. The first-order chi connectivity index (χ1) is 7.36. The molecule has 0 bridgehead atoms. The van der Waals surface area contributed by atoms with Crippen molar-refractivity contribution >= 4 is 0 Å². The van der Waals surface area contributed by atoms with E-state index in [0.29, 0.717) is 12.5 Å². The van der Waals surface area contributed by atoms with Crippen molar-refractivity contribution in [2.45, 2.75) is 19.9 Å². The predicted molar refractivity (Wildman–Crippen MR) is 59.7 cm³/mol. The molecular weight excluding hydrogens is 190 g/mol. The monoisotopic (exact) mass is 207 g/mol. The molecule has 15 heavy (non-hydrogen) atoms. The lowest BCUT2D eigenvalue weighted by Crippen LogP contribution is -2.15. The summed E-state index contributed by atoms with van der Waals surface area (Å²) in [6.45, 7) is 7.90. The van der Waals surface area contributed by atoms with Crippen LogP contribution in [0.25, 0.3) is 0 Å². The molecule has 4 nitrogen and oxygen atoms in total. The van der Waals surface area contributed by atoms with Crippen LogP contribution >= 0.6 is 0 Å². The van der Waals surface area contributed by atoms with E-state index in [1.165, 1.54) is 0 Å². The van der Waals surface area contributed by atoms with Gasteiger partial charge in [-0.25, -0.2) is 0 Å². The van der Waals surface area contributed by atoms with E-state index < -0.39 is 0 Å². The highest BCUT2D eigenvalue weighted by molar-refractivity contribution is 5.11. The van der Waals surface area contributed by atoms with E-state index in [0.717, 1.165) is 25.2 Å². The molecule has 0 saturated carbocycles. The lowest BCUT2D eigenvalue weighted by molar-refractivity contribution is 0.343. The number of nitrogens with one attached hydrogen (secondary N) is 1. The van der Waals surface area contributed by atoms with E-state index in [-0.39, 0.29) is 0 Å². The van der Waals surface area contributed by atoms with Gasteiger partial charge < -0.3 is 10.1 Å². The van der Waals surface area contributed by atoms with Gasteiger partial charge in [0.2, 0.25) is 5.88 Å². The van der Waals surface area contributed by atoms with Crippen molar-refractivity contribution in [2.75, 3.05) is 13.2 Å². The Bertz CT molecular complexity index is 284. The molecule has 0 aliphatic heterocycles. The Labute approximate surface area is 90.4 Å². The summed E-state index contributed by atoms with van der Waals surface area (Å²) in [6.07, 6.45) is 2.80. The van der Waals surface area contributed by atoms with Crippen molar-refractivity contribution in [3.8, 4) is 5.88 Å². The third-order valence-corrected chi connectivity index (χ3v) is 1.78. The quantitative estimate of drug-likeness (QED) is 0.544. The van der Waals surface area contributed by atoms with Crippen LogP contribution in [0, 0.1) is 0 Å². The summed E-state index contributed by atoms with van der Waals surface area (Å²) in [7, 11) is 0. The highest BCUT2D eigenvalue weighted by atomic mass is 16.5. The van der Waals surface area contributed by atoms with Crippen LogP contribution in [0.3, 0.4) is 0 Å². The summed E-state index contributed by atoms with van der Waals surface area (Å²) in [5, 5.41) is 11.2. The summed E-state index contributed by atoms with van der Waals surface area (Å²) in [5.41, 5.74) is 0.925. The Hall–Kier alpha value is -1.42. The van der Waals surface area contributed by atoms with Gasteiger partial charge in [-0.2, -0.15) is 5.10 Å². The van der Waals surface area contributed by atoms with Crippen molar-refractivity contribution in [2.24, 2.45) is 0 Å². The lowest BCUT2D eigenvalue weighted by Gasteiger charge is -2.03. The van der Waals surface area contributed by atoms with Gasteiger partial charge in [-0.15, -0.1) is 5.10 Å². The predicted octanol–water partition coefficient (Wildman–Crippen LogP) is 1.54. The Kier molecular flexibility index (Phi) is 5.40. The molecule has 1 heterocycles. The van der Waals surface area contributed by atoms with Gasteiger partial charge in [0, 0.05) is 12.6 Å². The van der Waals surface area contributed by atoms with E-state index in [2.05, 4.69) is 29.0 Å². The zero-order chi connectivity index (χ0) is 10.9. The first-order valence-electron chi connectivity index (χ1n) is 5.13. The average molecular weight is 207 g/mol. The summed E-state index contributed by atoms with van der Waals surface area (Å²) in [4.78, 5) is 0. The van der Waals surface area contributed by atoms with Crippen LogP contribution in [0.1, 0.15) is 19.0 Å². The minimum absolute atomic E-state index is 0.460. The molecule has 0 aromatic carbocycles. The Morgan fingerprint density at radius 1 is 1.47 bits per heavy atom. The molecule has 0 aliphatic carbocycles. The maximum atomic E-state index is 5.22. The Morgan fingerprint density at radius 3 is 2.93 bits per heavy atom. The molecule has 4 heteroatoms. The number of rotatable bonds is 7. The summed E-state index contributed by atoms with van der Waals surface area (Å²) < 4.78 is 5.22.